The summed E-state index contributed by atoms with van der Waals surface area (Å²) in [6.07, 6.45) is 4.32. The van der Waals surface area contributed by atoms with Crippen molar-refractivity contribution in [2.24, 2.45) is 5.41 Å². The fourth-order valence-electron chi connectivity index (χ4n) is 3.13. The van der Waals surface area contributed by atoms with Crippen molar-refractivity contribution in [1.82, 2.24) is 0 Å². The second-order valence-corrected chi connectivity index (χ2v) is 8.31. The van der Waals surface area contributed by atoms with Gasteiger partial charge in [-0.05, 0) is 50.5 Å². The quantitative estimate of drug-likeness (QED) is 0.381. The van der Waals surface area contributed by atoms with Crippen molar-refractivity contribution >= 4 is 5.78 Å². The summed E-state index contributed by atoms with van der Waals surface area (Å²) in [5.41, 5.74) is 1.59. The largest absolute Gasteiger partial charge is 0.367 e. The van der Waals surface area contributed by atoms with E-state index in [1.54, 1.807) is 0 Å². The summed E-state index contributed by atoms with van der Waals surface area (Å²) in [4.78, 5) is 12.6. The normalized spacial score (nSPS) is 12.2. The van der Waals surface area contributed by atoms with Crippen LogP contribution in [0.4, 0.5) is 0 Å². The molecule has 140 valence electrons. The molecule has 0 bridgehead atoms. The Labute approximate surface area is 158 Å². The van der Waals surface area contributed by atoms with Crippen molar-refractivity contribution in [3.05, 3.63) is 71.8 Å². The predicted octanol–water partition coefficient (Wildman–Crippen LogP) is 6.10. The SMILES string of the molecule is CC(C)(CCCOC(C)(C)C(=O)c1ccccc1)CCc1ccccc1. The highest BCUT2D eigenvalue weighted by Crippen LogP contribution is 2.29. The van der Waals surface area contributed by atoms with Crippen molar-refractivity contribution < 1.29 is 9.53 Å². The zero-order chi connectivity index (χ0) is 19.0. The van der Waals surface area contributed by atoms with Crippen LogP contribution in [0.15, 0.2) is 60.7 Å². The molecule has 0 spiro atoms. The van der Waals surface area contributed by atoms with Gasteiger partial charge in [0.1, 0.15) is 5.60 Å². The molecule has 0 amide bonds. The van der Waals surface area contributed by atoms with Gasteiger partial charge >= 0.3 is 0 Å². The van der Waals surface area contributed by atoms with Crippen LogP contribution in [0.2, 0.25) is 0 Å². The van der Waals surface area contributed by atoms with Crippen molar-refractivity contribution in [1.29, 1.82) is 0 Å². The second kappa shape index (κ2) is 9.14. The number of Topliss-reactive ketones (excluding diaryl/α,β-unsaturated/α-hetero) is 1. The number of benzene rings is 2. The molecule has 0 heterocycles. The number of rotatable bonds is 10. The van der Waals surface area contributed by atoms with Crippen LogP contribution in [0, 0.1) is 5.41 Å². The highest BCUT2D eigenvalue weighted by Gasteiger charge is 2.29. The first kappa shape index (κ1) is 20.4. The van der Waals surface area contributed by atoms with Gasteiger partial charge in [-0.25, -0.2) is 0 Å². The van der Waals surface area contributed by atoms with Crippen LogP contribution in [-0.2, 0) is 11.2 Å². The summed E-state index contributed by atoms with van der Waals surface area (Å²) in [5, 5.41) is 0. The van der Waals surface area contributed by atoms with E-state index in [1.807, 2.05) is 44.2 Å². The Morgan fingerprint density at radius 1 is 0.846 bits per heavy atom. The topological polar surface area (TPSA) is 26.3 Å². The first-order valence-electron chi connectivity index (χ1n) is 9.58. The van der Waals surface area contributed by atoms with Crippen LogP contribution >= 0.6 is 0 Å². The molecule has 0 aliphatic carbocycles. The van der Waals surface area contributed by atoms with Gasteiger partial charge in [-0.2, -0.15) is 0 Å². The maximum atomic E-state index is 12.6. The Morgan fingerprint density at radius 3 is 2.04 bits per heavy atom. The zero-order valence-corrected chi connectivity index (χ0v) is 16.6. The Bertz CT molecular complexity index is 672. The molecule has 0 aliphatic heterocycles. The number of carbonyl (C=O) groups excluding carboxylic acids is 1. The van der Waals surface area contributed by atoms with Crippen LogP contribution < -0.4 is 0 Å². The maximum absolute atomic E-state index is 12.6. The van der Waals surface area contributed by atoms with Crippen LogP contribution in [0.1, 0.15) is 62.9 Å². The Hall–Kier alpha value is -1.93. The molecule has 0 saturated carbocycles. The van der Waals surface area contributed by atoms with Gasteiger partial charge in [0, 0.05) is 12.2 Å². The average Bonchev–Trinajstić information content (AvgIpc) is 2.65. The second-order valence-electron chi connectivity index (χ2n) is 8.31. The number of aryl methyl sites for hydroxylation is 1. The minimum Gasteiger partial charge on any atom is -0.367 e. The van der Waals surface area contributed by atoms with E-state index in [4.69, 9.17) is 4.74 Å². The van der Waals surface area contributed by atoms with Crippen LogP contribution in [0.3, 0.4) is 0 Å². The molecule has 0 fully saturated rings. The van der Waals surface area contributed by atoms with Gasteiger partial charge in [-0.3, -0.25) is 4.79 Å². The molecule has 0 saturated heterocycles. The molecule has 2 rings (SSSR count). The van der Waals surface area contributed by atoms with E-state index in [0.29, 0.717) is 12.2 Å². The van der Waals surface area contributed by atoms with E-state index in [1.165, 1.54) is 5.56 Å². The lowest BCUT2D eigenvalue weighted by Gasteiger charge is -2.27. The smallest absolute Gasteiger partial charge is 0.194 e. The fourth-order valence-corrected chi connectivity index (χ4v) is 3.13. The molecule has 0 unspecified atom stereocenters. The molecule has 0 atom stereocenters. The van der Waals surface area contributed by atoms with Crippen LogP contribution in [-0.4, -0.2) is 18.0 Å². The molecule has 0 aromatic heterocycles. The lowest BCUT2D eigenvalue weighted by atomic mass is 9.82. The third-order valence-electron chi connectivity index (χ3n) is 4.98. The van der Waals surface area contributed by atoms with E-state index < -0.39 is 5.60 Å². The Morgan fingerprint density at radius 2 is 1.42 bits per heavy atom. The first-order valence-corrected chi connectivity index (χ1v) is 9.58. The first-order chi connectivity index (χ1) is 12.3. The molecule has 0 radical (unpaired) electrons. The molecule has 2 aromatic carbocycles. The fraction of sp³-hybridized carbons (Fsp3) is 0.458. The van der Waals surface area contributed by atoms with Crippen molar-refractivity contribution in [2.75, 3.05) is 6.61 Å². The van der Waals surface area contributed by atoms with Gasteiger partial charge in [0.15, 0.2) is 5.78 Å². The lowest BCUT2D eigenvalue weighted by Crippen LogP contribution is -2.35. The van der Waals surface area contributed by atoms with Crippen molar-refractivity contribution in [3.63, 3.8) is 0 Å². The highest BCUT2D eigenvalue weighted by molar-refractivity contribution is 6.01. The van der Waals surface area contributed by atoms with Gasteiger partial charge in [0.2, 0.25) is 0 Å². The predicted molar refractivity (Wildman–Crippen MR) is 109 cm³/mol. The Balaban J connectivity index is 1.75. The van der Waals surface area contributed by atoms with E-state index in [-0.39, 0.29) is 11.2 Å². The minimum atomic E-state index is -0.782. The number of hydrogen-bond donors (Lipinski definition) is 0. The monoisotopic (exact) mass is 352 g/mol. The number of hydrogen-bond acceptors (Lipinski definition) is 2. The molecule has 2 heteroatoms. The summed E-state index contributed by atoms with van der Waals surface area (Å²) in [6.45, 7) is 8.97. The van der Waals surface area contributed by atoms with Gasteiger partial charge in [0.05, 0.1) is 0 Å². The maximum Gasteiger partial charge on any atom is 0.194 e. The molecular formula is C24H32O2. The molecule has 0 aliphatic rings. The minimum absolute atomic E-state index is 0.0430. The van der Waals surface area contributed by atoms with Crippen LogP contribution in [0.25, 0.3) is 0 Å². The van der Waals surface area contributed by atoms with Crippen molar-refractivity contribution in [3.8, 4) is 0 Å². The molecule has 26 heavy (non-hydrogen) atoms. The summed E-state index contributed by atoms with van der Waals surface area (Å²) in [7, 11) is 0. The Kier molecular flexibility index (Phi) is 7.16. The van der Waals surface area contributed by atoms with Gasteiger partial charge in [-0.15, -0.1) is 0 Å². The van der Waals surface area contributed by atoms with E-state index >= 15 is 0 Å². The molecular weight excluding hydrogens is 320 g/mol. The van der Waals surface area contributed by atoms with E-state index in [0.717, 1.165) is 25.7 Å². The van der Waals surface area contributed by atoms with E-state index in [2.05, 4.69) is 44.2 Å². The standard InChI is InChI=1S/C24H32O2/c1-23(2,18-16-20-12-7-5-8-13-20)17-11-19-26-24(3,4)22(25)21-14-9-6-10-15-21/h5-10,12-15H,11,16-19H2,1-4H3. The molecule has 2 aromatic rings. The molecule has 2 nitrogen and oxygen atoms in total. The number of ether oxygens (including phenoxy) is 1. The lowest BCUT2D eigenvalue weighted by molar-refractivity contribution is -0.00811. The van der Waals surface area contributed by atoms with Gasteiger partial charge in [0.25, 0.3) is 0 Å². The third-order valence-corrected chi connectivity index (χ3v) is 4.98. The van der Waals surface area contributed by atoms with Gasteiger partial charge < -0.3 is 4.74 Å². The van der Waals surface area contributed by atoms with E-state index in [9.17, 15) is 4.79 Å². The number of carbonyl (C=O) groups is 1. The summed E-state index contributed by atoms with van der Waals surface area (Å²) < 4.78 is 5.95. The van der Waals surface area contributed by atoms with Crippen molar-refractivity contribution in [2.45, 2.75) is 59.0 Å². The van der Waals surface area contributed by atoms with Gasteiger partial charge in [-0.1, -0.05) is 74.5 Å². The molecule has 0 N–H and O–H groups in total. The third kappa shape index (κ3) is 6.42. The highest BCUT2D eigenvalue weighted by atomic mass is 16.5. The summed E-state index contributed by atoms with van der Waals surface area (Å²) in [6, 6.07) is 20.0. The summed E-state index contributed by atoms with van der Waals surface area (Å²) >= 11 is 0. The van der Waals surface area contributed by atoms with Crippen LogP contribution in [0.5, 0.6) is 0 Å². The zero-order valence-electron chi connectivity index (χ0n) is 16.6. The summed E-state index contributed by atoms with van der Waals surface area (Å²) in [5.74, 6) is 0.0430. The number of ketones is 1. The average molecular weight is 353 g/mol.